The lowest BCUT2D eigenvalue weighted by atomic mass is 10.1. The topological polar surface area (TPSA) is 92.5 Å². The number of likely N-dealkylation sites (tertiary alicyclic amines) is 1. The molecule has 0 aromatic rings. The van der Waals surface area contributed by atoms with Gasteiger partial charge in [-0.2, -0.15) is 0 Å². The van der Waals surface area contributed by atoms with Crippen molar-refractivity contribution in [1.29, 1.82) is 0 Å². The molecule has 0 saturated carbocycles. The minimum atomic E-state index is -2.73. The van der Waals surface area contributed by atoms with E-state index in [9.17, 15) is 23.2 Å². The summed E-state index contributed by atoms with van der Waals surface area (Å²) in [5, 5.41) is 1.38. The Morgan fingerprint density at radius 3 is 2.55 bits per heavy atom. The van der Waals surface area contributed by atoms with E-state index < -0.39 is 36.0 Å². The van der Waals surface area contributed by atoms with Crippen molar-refractivity contribution in [3.05, 3.63) is 0 Å². The molecule has 114 valence electrons. The average Bonchev–Trinajstić information content (AvgIpc) is 2.85. The summed E-state index contributed by atoms with van der Waals surface area (Å²) in [7, 11) is 0. The number of rotatable bonds is 6. The second-order valence-corrected chi connectivity index (χ2v) is 4.92. The van der Waals surface area contributed by atoms with E-state index in [-0.39, 0.29) is 12.5 Å². The van der Waals surface area contributed by atoms with Crippen molar-refractivity contribution in [2.45, 2.75) is 37.8 Å². The number of carbonyl (C=O) groups excluding carboxylic acids is 3. The van der Waals surface area contributed by atoms with Gasteiger partial charge < -0.3 is 16.0 Å². The second-order valence-electron chi connectivity index (χ2n) is 4.48. The molecule has 0 bridgehead atoms. The van der Waals surface area contributed by atoms with Gasteiger partial charge in [-0.3, -0.25) is 14.4 Å². The van der Waals surface area contributed by atoms with E-state index in [1.807, 2.05) is 0 Å². The zero-order valence-electron chi connectivity index (χ0n) is 10.7. The zero-order chi connectivity index (χ0) is 15.3. The number of thiol groups is 1. The van der Waals surface area contributed by atoms with Crippen LogP contribution in [0.1, 0.15) is 19.3 Å². The quantitative estimate of drug-likeness (QED) is 0.579. The van der Waals surface area contributed by atoms with Crippen molar-refractivity contribution in [3.8, 4) is 0 Å². The third kappa shape index (κ3) is 4.41. The van der Waals surface area contributed by atoms with E-state index >= 15 is 0 Å². The highest BCUT2D eigenvalue weighted by Crippen LogP contribution is 2.18. The van der Waals surface area contributed by atoms with Gasteiger partial charge in [-0.25, -0.2) is 8.78 Å². The van der Waals surface area contributed by atoms with Gasteiger partial charge in [0.05, 0.1) is 6.54 Å². The molecular formula is C11H17F2N3O3S. The highest BCUT2D eigenvalue weighted by Gasteiger charge is 2.35. The Kier molecular flexibility index (Phi) is 6.34. The summed E-state index contributed by atoms with van der Waals surface area (Å²) >= 11 is 3.48. The number of hydrogen-bond donors (Lipinski definition) is 3. The predicted octanol–water partition coefficient (Wildman–Crippen LogP) is -0.468. The normalized spacial score (nSPS) is 20.1. The van der Waals surface area contributed by atoms with E-state index in [1.165, 1.54) is 4.90 Å². The number of amides is 2. The van der Waals surface area contributed by atoms with Gasteiger partial charge in [0.25, 0.3) is 0 Å². The van der Waals surface area contributed by atoms with Crippen molar-refractivity contribution in [2.24, 2.45) is 5.73 Å². The lowest BCUT2D eigenvalue weighted by Crippen LogP contribution is -2.51. The Labute approximate surface area is 120 Å². The summed E-state index contributed by atoms with van der Waals surface area (Å²) in [4.78, 5) is 36.0. The number of hydrogen-bond acceptors (Lipinski definition) is 4. The molecule has 1 aliphatic rings. The average molecular weight is 309 g/mol. The van der Waals surface area contributed by atoms with Crippen LogP contribution in [0.5, 0.6) is 0 Å². The molecule has 2 unspecified atom stereocenters. The Morgan fingerprint density at radius 1 is 1.40 bits per heavy atom. The first kappa shape index (κ1) is 16.8. The molecule has 1 saturated heterocycles. The third-order valence-corrected chi connectivity index (χ3v) is 3.39. The van der Waals surface area contributed by atoms with Crippen molar-refractivity contribution < 1.29 is 23.2 Å². The fourth-order valence-corrected chi connectivity index (χ4v) is 2.29. The van der Waals surface area contributed by atoms with Gasteiger partial charge in [0.1, 0.15) is 12.1 Å². The number of alkyl halides is 2. The maximum atomic E-state index is 12.3. The van der Waals surface area contributed by atoms with Crippen LogP contribution in [-0.2, 0) is 14.4 Å². The predicted molar refractivity (Wildman–Crippen MR) is 70.3 cm³/mol. The molecule has 0 radical (unpaired) electrons. The number of nitrogens with one attached hydrogen (secondary N) is 1. The van der Waals surface area contributed by atoms with Gasteiger partial charge in [0, 0.05) is 13.0 Å². The van der Waals surface area contributed by atoms with Gasteiger partial charge in [0.2, 0.25) is 23.4 Å². The summed E-state index contributed by atoms with van der Waals surface area (Å²) in [6.07, 6.45) is -2.49. The maximum absolute atomic E-state index is 12.3. The first-order valence-electron chi connectivity index (χ1n) is 6.17. The lowest BCUT2D eigenvalue weighted by molar-refractivity contribution is -0.138. The standard InChI is InChI=1S/C11H17F2N3O3S/c12-8(13)4-6(11(19)20)15-10(18)7-2-1-3-16(7)9(17)5-14/h6-8H,1-5,14H2,(H,15,18)(H,19,20). The van der Waals surface area contributed by atoms with E-state index in [0.29, 0.717) is 19.4 Å². The number of nitrogens with two attached hydrogens (primary N) is 1. The van der Waals surface area contributed by atoms with Crippen molar-refractivity contribution in [1.82, 2.24) is 10.2 Å². The largest absolute Gasteiger partial charge is 0.343 e. The minimum Gasteiger partial charge on any atom is -0.343 e. The van der Waals surface area contributed by atoms with E-state index in [1.54, 1.807) is 0 Å². The molecule has 9 heteroatoms. The van der Waals surface area contributed by atoms with Gasteiger partial charge in [-0.15, -0.1) is 12.6 Å². The number of nitrogens with zero attached hydrogens (tertiary/aromatic N) is 1. The number of halogens is 2. The van der Waals surface area contributed by atoms with Gasteiger partial charge in [-0.05, 0) is 12.8 Å². The van der Waals surface area contributed by atoms with Crippen LogP contribution < -0.4 is 11.1 Å². The molecule has 20 heavy (non-hydrogen) atoms. The molecule has 1 aliphatic heterocycles. The van der Waals surface area contributed by atoms with Gasteiger partial charge in [0.15, 0.2) is 0 Å². The van der Waals surface area contributed by atoms with E-state index in [0.717, 1.165) is 0 Å². The van der Waals surface area contributed by atoms with Crippen LogP contribution >= 0.6 is 12.6 Å². The maximum Gasteiger partial charge on any atom is 0.243 e. The molecule has 0 aromatic heterocycles. The van der Waals surface area contributed by atoms with E-state index in [4.69, 9.17) is 5.73 Å². The van der Waals surface area contributed by atoms with Crippen LogP contribution in [0.2, 0.25) is 0 Å². The monoisotopic (exact) mass is 309 g/mol. The summed E-state index contributed by atoms with van der Waals surface area (Å²) < 4.78 is 24.6. The van der Waals surface area contributed by atoms with Crippen LogP contribution in [0, 0.1) is 0 Å². The molecule has 1 fully saturated rings. The molecule has 0 spiro atoms. The molecule has 1 rings (SSSR count). The third-order valence-electron chi connectivity index (χ3n) is 3.08. The first-order valence-corrected chi connectivity index (χ1v) is 6.62. The second kappa shape index (κ2) is 7.53. The van der Waals surface area contributed by atoms with Crippen LogP contribution in [0.3, 0.4) is 0 Å². The lowest BCUT2D eigenvalue weighted by Gasteiger charge is -2.25. The smallest absolute Gasteiger partial charge is 0.243 e. The van der Waals surface area contributed by atoms with Crippen LogP contribution in [-0.4, -0.2) is 53.4 Å². The molecule has 0 aliphatic carbocycles. The molecule has 0 aromatic carbocycles. The van der Waals surface area contributed by atoms with Crippen molar-refractivity contribution in [2.75, 3.05) is 13.1 Å². The zero-order valence-corrected chi connectivity index (χ0v) is 11.6. The fraction of sp³-hybridized carbons (Fsp3) is 0.727. The number of carbonyl (C=O) groups is 3. The van der Waals surface area contributed by atoms with Crippen LogP contribution in [0.25, 0.3) is 0 Å². The Balaban J connectivity index is 2.68. The van der Waals surface area contributed by atoms with Gasteiger partial charge >= 0.3 is 0 Å². The summed E-state index contributed by atoms with van der Waals surface area (Å²) in [6.45, 7) is 0.165. The van der Waals surface area contributed by atoms with Crippen molar-refractivity contribution >= 4 is 29.6 Å². The van der Waals surface area contributed by atoms with Crippen LogP contribution in [0.4, 0.5) is 8.78 Å². The SMILES string of the molecule is NCC(=O)N1CCCC1C(=O)NC(CC(F)F)C(=O)S. The first-order chi connectivity index (χ1) is 9.36. The Hall–Kier alpha value is -1.22. The Morgan fingerprint density at radius 2 is 2.05 bits per heavy atom. The fourth-order valence-electron chi connectivity index (χ4n) is 2.12. The summed E-state index contributed by atoms with van der Waals surface area (Å²) in [6, 6.07) is -2.12. The Bertz CT molecular complexity index is 395. The molecule has 3 N–H and O–H groups in total. The van der Waals surface area contributed by atoms with Crippen LogP contribution in [0.15, 0.2) is 0 Å². The highest BCUT2D eigenvalue weighted by molar-refractivity contribution is 7.96. The van der Waals surface area contributed by atoms with Gasteiger partial charge in [-0.1, -0.05) is 0 Å². The summed E-state index contributed by atoms with van der Waals surface area (Å²) in [5.41, 5.74) is 5.24. The molecule has 2 atom stereocenters. The summed E-state index contributed by atoms with van der Waals surface area (Å²) in [5.74, 6) is -1.01. The van der Waals surface area contributed by atoms with E-state index in [2.05, 4.69) is 17.9 Å². The molecule has 1 heterocycles. The minimum absolute atomic E-state index is 0.226. The highest BCUT2D eigenvalue weighted by atomic mass is 32.1. The molecular weight excluding hydrogens is 292 g/mol. The molecule has 6 nitrogen and oxygen atoms in total. The van der Waals surface area contributed by atoms with Crippen molar-refractivity contribution in [3.63, 3.8) is 0 Å². The molecule has 2 amide bonds.